The maximum absolute atomic E-state index is 13.2. The van der Waals surface area contributed by atoms with Crippen LogP contribution in [0.1, 0.15) is 45.4 Å². The molecule has 1 N–H and O–H groups in total. The molecule has 0 atom stereocenters. The summed E-state index contributed by atoms with van der Waals surface area (Å²) in [6.45, 7) is 3.80. The molecule has 0 bridgehead atoms. The Morgan fingerprint density at radius 1 is 1.03 bits per heavy atom. The lowest BCUT2D eigenvalue weighted by Crippen LogP contribution is -2.28. The molecule has 1 aliphatic heterocycles. The molecule has 5 rings (SSSR count). The lowest BCUT2D eigenvalue weighted by atomic mass is 10.1. The van der Waals surface area contributed by atoms with Crippen LogP contribution in [0.5, 0.6) is 0 Å². The van der Waals surface area contributed by atoms with E-state index < -0.39 is 5.97 Å². The number of carbonyl (C=O) groups excluding carboxylic acids is 4. The molecule has 0 saturated carbocycles. The van der Waals surface area contributed by atoms with Gasteiger partial charge in [-0.25, -0.2) is 9.78 Å². The van der Waals surface area contributed by atoms with Crippen molar-refractivity contribution in [2.45, 2.75) is 26.7 Å². The first-order chi connectivity index (χ1) is 17.4. The first-order valence-corrected chi connectivity index (χ1v) is 12.9. The second-order valence-electron chi connectivity index (χ2n) is 8.09. The topological polar surface area (TPSA) is 106 Å². The van der Waals surface area contributed by atoms with Crippen LogP contribution in [0.2, 0.25) is 0 Å². The van der Waals surface area contributed by atoms with E-state index in [0.717, 1.165) is 26.5 Å². The van der Waals surface area contributed by atoms with Gasteiger partial charge in [0.1, 0.15) is 14.9 Å². The summed E-state index contributed by atoms with van der Waals surface area (Å²) in [6, 6.07) is 14.0. The van der Waals surface area contributed by atoms with Crippen molar-refractivity contribution in [2.24, 2.45) is 0 Å². The van der Waals surface area contributed by atoms with Crippen molar-refractivity contribution in [3.8, 4) is 10.6 Å². The monoisotopic (exact) mass is 519 g/mol. The van der Waals surface area contributed by atoms with E-state index in [1.54, 1.807) is 31.2 Å². The molecular weight excluding hydrogens is 498 g/mol. The third-order valence-electron chi connectivity index (χ3n) is 5.78. The maximum Gasteiger partial charge on any atom is 0.348 e. The summed E-state index contributed by atoms with van der Waals surface area (Å²) in [7, 11) is 0. The second kappa shape index (κ2) is 9.63. The van der Waals surface area contributed by atoms with Gasteiger partial charge < -0.3 is 10.1 Å². The van der Waals surface area contributed by atoms with Crippen molar-refractivity contribution in [1.29, 1.82) is 0 Å². The van der Waals surface area contributed by atoms with Gasteiger partial charge in [-0.05, 0) is 55.8 Å². The smallest absolute Gasteiger partial charge is 0.348 e. The number of aromatic nitrogens is 1. The van der Waals surface area contributed by atoms with E-state index >= 15 is 0 Å². The zero-order chi connectivity index (χ0) is 25.4. The maximum atomic E-state index is 13.2. The summed E-state index contributed by atoms with van der Waals surface area (Å²) in [4.78, 5) is 56.0. The molecule has 2 aromatic heterocycles. The zero-order valence-corrected chi connectivity index (χ0v) is 21.1. The van der Waals surface area contributed by atoms with Crippen LogP contribution in [-0.4, -0.2) is 35.3 Å². The van der Waals surface area contributed by atoms with E-state index in [-0.39, 0.29) is 37.2 Å². The van der Waals surface area contributed by atoms with Crippen LogP contribution >= 0.6 is 22.7 Å². The van der Waals surface area contributed by atoms with Crippen LogP contribution in [0.25, 0.3) is 20.8 Å². The van der Waals surface area contributed by atoms with Crippen molar-refractivity contribution in [1.82, 2.24) is 4.98 Å². The normalized spacial score (nSPS) is 13.4. The number of benzene rings is 2. The lowest BCUT2D eigenvalue weighted by Gasteiger charge is -2.14. The van der Waals surface area contributed by atoms with E-state index in [9.17, 15) is 19.2 Å². The molecule has 182 valence electrons. The minimum absolute atomic E-state index is 0.191. The SMILES string of the molecule is CCOC(=O)c1sc(NC(=O)c2ccc(N3C(=O)CCC3=O)cc2)c(-c2nc3ccccc3s2)c1C. The number of nitrogens with zero attached hydrogens (tertiary/aromatic N) is 2. The Kier molecular flexibility index (Phi) is 6.38. The summed E-state index contributed by atoms with van der Waals surface area (Å²) >= 11 is 2.63. The highest BCUT2D eigenvalue weighted by Gasteiger charge is 2.30. The van der Waals surface area contributed by atoms with Gasteiger partial charge in [0.05, 0.1) is 22.5 Å². The van der Waals surface area contributed by atoms with Crippen molar-refractivity contribution in [3.63, 3.8) is 0 Å². The Bertz CT molecular complexity index is 1470. The van der Waals surface area contributed by atoms with E-state index in [1.807, 2.05) is 31.2 Å². The molecule has 3 heterocycles. The highest BCUT2D eigenvalue weighted by Crippen LogP contribution is 2.43. The van der Waals surface area contributed by atoms with Crippen LogP contribution in [0, 0.1) is 6.92 Å². The summed E-state index contributed by atoms with van der Waals surface area (Å²) in [6.07, 6.45) is 0.381. The van der Waals surface area contributed by atoms with E-state index in [4.69, 9.17) is 9.72 Å². The third kappa shape index (κ3) is 4.29. The summed E-state index contributed by atoms with van der Waals surface area (Å²) in [5.41, 5.74) is 2.99. The molecule has 1 fully saturated rings. The number of fused-ring (bicyclic) bond motifs is 1. The second-order valence-corrected chi connectivity index (χ2v) is 10.1. The van der Waals surface area contributed by atoms with Crippen molar-refractivity contribution >= 4 is 67.3 Å². The average Bonchev–Trinajstić information content (AvgIpc) is 3.53. The number of hydrogen-bond acceptors (Lipinski definition) is 8. The summed E-state index contributed by atoms with van der Waals surface area (Å²) < 4.78 is 6.22. The van der Waals surface area contributed by atoms with Crippen LogP contribution in [0.15, 0.2) is 48.5 Å². The Balaban J connectivity index is 1.48. The van der Waals surface area contributed by atoms with Gasteiger partial charge in [-0.1, -0.05) is 12.1 Å². The van der Waals surface area contributed by atoms with Crippen molar-refractivity contribution < 1.29 is 23.9 Å². The molecule has 4 aromatic rings. The molecule has 36 heavy (non-hydrogen) atoms. The molecule has 0 aliphatic carbocycles. The molecule has 1 aliphatic rings. The Labute approximate surface area is 214 Å². The highest BCUT2D eigenvalue weighted by atomic mass is 32.1. The van der Waals surface area contributed by atoms with Crippen molar-refractivity contribution in [2.75, 3.05) is 16.8 Å². The zero-order valence-electron chi connectivity index (χ0n) is 19.5. The largest absolute Gasteiger partial charge is 0.462 e. The number of thiazole rings is 1. The molecular formula is C26H21N3O5S2. The minimum atomic E-state index is -0.452. The molecule has 0 spiro atoms. The van der Waals surface area contributed by atoms with Crippen LogP contribution < -0.4 is 10.2 Å². The standard InChI is InChI=1S/C26H21N3O5S2/c1-3-34-26(33)22-14(2)21(24-27-17-6-4-5-7-18(17)35-24)25(36-22)28-23(32)15-8-10-16(11-9-15)29-19(30)12-13-20(29)31/h4-11H,3,12-13H2,1-2H3,(H,28,32). The van der Waals surface area contributed by atoms with Crippen LogP contribution in [-0.2, 0) is 14.3 Å². The van der Waals surface area contributed by atoms with E-state index in [2.05, 4.69) is 5.32 Å². The Hall–Kier alpha value is -3.89. The number of ether oxygens (including phenoxy) is 1. The molecule has 0 radical (unpaired) electrons. The van der Waals surface area contributed by atoms with Gasteiger partial charge in [-0.3, -0.25) is 19.3 Å². The Morgan fingerprint density at radius 2 is 1.72 bits per heavy atom. The van der Waals surface area contributed by atoms with Gasteiger partial charge in [0.25, 0.3) is 5.91 Å². The number of nitrogens with one attached hydrogen (secondary N) is 1. The number of rotatable bonds is 6. The predicted octanol–water partition coefficient (Wildman–Crippen LogP) is 5.42. The summed E-state index contributed by atoms with van der Waals surface area (Å²) in [5.74, 6) is -1.34. The fourth-order valence-corrected chi connectivity index (χ4v) is 6.27. The molecule has 2 aromatic carbocycles. The number of carbonyl (C=O) groups is 4. The number of thiophene rings is 1. The molecule has 3 amide bonds. The Morgan fingerprint density at radius 3 is 2.39 bits per heavy atom. The van der Waals surface area contributed by atoms with Gasteiger partial charge in [-0.15, -0.1) is 22.7 Å². The fraction of sp³-hybridized carbons (Fsp3) is 0.192. The highest BCUT2D eigenvalue weighted by molar-refractivity contribution is 7.23. The molecule has 0 unspecified atom stereocenters. The number of amides is 3. The number of para-hydroxylation sites is 1. The quantitative estimate of drug-likeness (QED) is 0.270. The molecule has 1 saturated heterocycles. The summed E-state index contributed by atoms with van der Waals surface area (Å²) in [5, 5.41) is 4.11. The third-order valence-corrected chi connectivity index (χ3v) is 8.02. The van der Waals surface area contributed by atoms with Gasteiger partial charge in [0.15, 0.2) is 0 Å². The molecule has 10 heteroatoms. The fourth-order valence-electron chi connectivity index (χ4n) is 4.03. The predicted molar refractivity (Wildman–Crippen MR) is 140 cm³/mol. The number of anilines is 2. The van der Waals surface area contributed by atoms with Gasteiger partial charge >= 0.3 is 5.97 Å². The van der Waals surface area contributed by atoms with Gasteiger partial charge in [-0.2, -0.15) is 0 Å². The first kappa shape index (κ1) is 23.8. The minimum Gasteiger partial charge on any atom is -0.462 e. The van der Waals surface area contributed by atoms with Gasteiger partial charge in [0.2, 0.25) is 11.8 Å². The van der Waals surface area contributed by atoms with Crippen molar-refractivity contribution in [3.05, 3.63) is 64.5 Å². The van der Waals surface area contributed by atoms with Gasteiger partial charge in [0, 0.05) is 24.0 Å². The lowest BCUT2D eigenvalue weighted by molar-refractivity contribution is -0.121. The average molecular weight is 520 g/mol. The van der Waals surface area contributed by atoms with Crippen LogP contribution in [0.3, 0.4) is 0 Å². The number of imide groups is 1. The number of hydrogen-bond donors (Lipinski definition) is 1. The van der Waals surface area contributed by atoms with E-state index in [0.29, 0.717) is 37.3 Å². The number of esters is 1. The molecule has 8 nitrogen and oxygen atoms in total. The van der Waals surface area contributed by atoms with E-state index in [1.165, 1.54) is 11.3 Å². The van der Waals surface area contributed by atoms with Crippen LogP contribution in [0.4, 0.5) is 10.7 Å². The first-order valence-electron chi connectivity index (χ1n) is 11.3.